The fourth-order valence-electron chi connectivity index (χ4n) is 3.80. The predicted octanol–water partition coefficient (Wildman–Crippen LogP) is 6.62. The number of rotatable bonds is 13. The number of alkyl halides is 1. The lowest BCUT2D eigenvalue weighted by Gasteiger charge is -2.14. The van der Waals surface area contributed by atoms with Crippen molar-refractivity contribution in [3.05, 3.63) is 60.0 Å². The maximum absolute atomic E-state index is 12.1. The van der Waals surface area contributed by atoms with Crippen molar-refractivity contribution >= 4 is 39.0 Å². The molecule has 0 saturated heterocycles. The third-order valence-corrected chi connectivity index (χ3v) is 5.50. The van der Waals surface area contributed by atoms with Crippen LogP contribution >= 0.6 is 15.9 Å². The minimum atomic E-state index is -0.324. The van der Waals surface area contributed by atoms with Crippen LogP contribution < -0.4 is 0 Å². The monoisotopic (exact) mass is 488 g/mol. The number of esters is 1. The summed E-state index contributed by atoms with van der Waals surface area (Å²) in [5, 5.41) is 1.20. The van der Waals surface area contributed by atoms with Crippen LogP contribution in [0.25, 0.3) is 10.9 Å². The molecule has 0 aliphatic carbocycles. The van der Waals surface area contributed by atoms with Crippen molar-refractivity contribution in [2.45, 2.75) is 52.0 Å². The van der Waals surface area contributed by atoms with Crippen LogP contribution in [0, 0.1) is 0 Å². The highest BCUT2D eigenvalue weighted by Crippen LogP contribution is 2.34. The molecule has 0 bridgehead atoms. The Hall–Kier alpha value is -2.34. The first-order chi connectivity index (χ1) is 15.0. The van der Waals surface area contributed by atoms with Gasteiger partial charge in [-0.1, -0.05) is 55.3 Å². The van der Waals surface area contributed by atoms with Crippen molar-refractivity contribution in [2.24, 2.45) is 4.99 Å². The van der Waals surface area contributed by atoms with Gasteiger partial charge in [0.15, 0.2) is 0 Å². The molecule has 0 radical (unpaired) electrons. The molecule has 1 aromatic carbocycles. The van der Waals surface area contributed by atoms with E-state index in [2.05, 4.69) is 58.2 Å². The summed E-state index contributed by atoms with van der Waals surface area (Å²) in [6, 6.07) is 5.83. The Morgan fingerprint density at radius 1 is 1.29 bits per heavy atom. The van der Waals surface area contributed by atoms with Crippen LogP contribution in [0.5, 0.6) is 0 Å². The number of allylic oxidation sites excluding steroid dienone is 2. The molecular formula is C25H33BrN2O3. The number of carbonyl (C=O) groups excluding carboxylic acids is 1. The minimum Gasteiger partial charge on any atom is -0.492 e. The number of hydrogen-bond acceptors (Lipinski definition) is 4. The summed E-state index contributed by atoms with van der Waals surface area (Å²) >= 11 is 3.24. The van der Waals surface area contributed by atoms with E-state index < -0.39 is 0 Å². The van der Waals surface area contributed by atoms with E-state index in [9.17, 15) is 4.79 Å². The maximum Gasteiger partial charge on any atom is 0.337 e. The molecular weight excluding hydrogens is 456 g/mol. The number of benzene rings is 1. The topological polar surface area (TPSA) is 52.8 Å². The maximum atomic E-state index is 12.1. The summed E-state index contributed by atoms with van der Waals surface area (Å²) < 4.78 is 12.9. The average Bonchev–Trinajstić information content (AvgIpc) is 3.14. The fraction of sp³-hybridized carbons (Fsp3) is 0.440. The van der Waals surface area contributed by atoms with E-state index in [0.29, 0.717) is 35.8 Å². The zero-order chi connectivity index (χ0) is 22.6. The highest BCUT2D eigenvalue weighted by molar-refractivity contribution is 9.09. The molecule has 1 heterocycles. The summed E-state index contributed by atoms with van der Waals surface area (Å²) in [5.74, 6) is 0.771. The molecule has 0 spiro atoms. The van der Waals surface area contributed by atoms with Gasteiger partial charge < -0.3 is 14.0 Å². The van der Waals surface area contributed by atoms with Gasteiger partial charge in [0.25, 0.3) is 0 Å². The van der Waals surface area contributed by atoms with Gasteiger partial charge in [-0.05, 0) is 48.6 Å². The van der Waals surface area contributed by atoms with Gasteiger partial charge in [-0.25, -0.2) is 4.79 Å². The second kappa shape index (κ2) is 13.2. The largest absolute Gasteiger partial charge is 0.492 e. The Labute approximate surface area is 194 Å². The molecule has 6 heteroatoms. The van der Waals surface area contributed by atoms with Crippen LogP contribution in [-0.4, -0.2) is 35.9 Å². The van der Waals surface area contributed by atoms with E-state index in [1.54, 1.807) is 18.4 Å². The number of ether oxygens (including phenoxy) is 2. The Kier molecular flexibility index (Phi) is 10.6. The number of halogens is 1. The van der Waals surface area contributed by atoms with E-state index in [1.807, 2.05) is 12.1 Å². The molecule has 0 atom stereocenters. The van der Waals surface area contributed by atoms with Crippen LogP contribution in [0.2, 0.25) is 0 Å². The zero-order valence-electron chi connectivity index (χ0n) is 18.8. The first kappa shape index (κ1) is 24.9. The number of aromatic nitrogens is 1. The summed E-state index contributed by atoms with van der Waals surface area (Å²) in [6.45, 7) is 9.53. The second-order valence-corrected chi connectivity index (χ2v) is 7.90. The molecule has 0 fully saturated rings. The molecule has 0 amide bonds. The second-order valence-electron chi connectivity index (χ2n) is 7.40. The third-order valence-electron chi connectivity index (χ3n) is 5.21. The number of aliphatic imine (C=N–C) groups is 1. The Balaban J connectivity index is 2.28. The molecule has 5 nitrogen and oxygen atoms in total. The van der Waals surface area contributed by atoms with Gasteiger partial charge >= 0.3 is 5.97 Å². The highest BCUT2D eigenvalue weighted by atomic mass is 79.9. The molecule has 0 aliphatic rings. The quantitative estimate of drug-likeness (QED) is 0.0794. The molecule has 1 aromatic heterocycles. The number of carbonyl (C=O) groups is 1. The molecule has 0 unspecified atom stereocenters. The van der Waals surface area contributed by atoms with Crippen LogP contribution in [0.1, 0.15) is 61.4 Å². The van der Waals surface area contributed by atoms with E-state index in [0.717, 1.165) is 31.2 Å². The SMILES string of the molecule is C=C(/C=C\C=N/CBr)OCCn1cc(C(CCC)CCC)c2ccc(C(=O)OC)cc21. The first-order valence-corrected chi connectivity index (χ1v) is 11.9. The number of fused-ring (bicyclic) bond motifs is 1. The van der Waals surface area contributed by atoms with E-state index in [4.69, 9.17) is 9.47 Å². The lowest BCUT2D eigenvalue weighted by atomic mass is 9.90. The first-order valence-electron chi connectivity index (χ1n) is 10.8. The zero-order valence-corrected chi connectivity index (χ0v) is 20.4. The molecule has 0 saturated carbocycles. The van der Waals surface area contributed by atoms with Gasteiger partial charge in [-0.3, -0.25) is 4.99 Å². The molecule has 0 aliphatic heterocycles. The summed E-state index contributed by atoms with van der Waals surface area (Å²) in [7, 11) is 1.41. The highest BCUT2D eigenvalue weighted by Gasteiger charge is 2.18. The Bertz CT molecular complexity index is 924. The van der Waals surface area contributed by atoms with Crippen molar-refractivity contribution in [3.63, 3.8) is 0 Å². The summed E-state index contributed by atoms with van der Waals surface area (Å²) in [5.41, 5.74) is 3.50. The molecule has 0 N–H and O–H groups in total. The van der Waals surface area contributed by atoms with Gasteiger partial charge in [0.1, 0.15) is 12.4 Å². The number of hydrogen-bond donors (Lipinski definition) is 0. The normalized spacial score (nSPS) is 11.8. The van der Waals surface area contributed by atoms with Gasteiger partial charge in [0.2, 0.25) is 0 Å². The predicted molar refractivity (Wildman–Crippen MR) is 132 cm³/mol. The molecule has 168 valence electrons. The summed E-state index contributed by atoms with van der Waals surface area (Å²) in [6.07, 6.45) is 12.1. The number of nitrogens with zero attached hydrogens (tertiary/aromatic N) is 2. The smallest absolute Gasteiger partial charge is 0.337 e. The van der Waals surface area contributed by atoms with E-state index in [1.165, 1.54) is 18.1 Å². The number of methoxy groups -OCH3 is 1. The van der Waals surface area contributed by atoms with Gasteiger partial charge in [0, 0.05) is 23.3 Å². The van der Waals surface area contributed by atoms with Crippen molar-refractivity contribution in [2.75, 3.05) is 19.2 Å². The lowest BCUT2D eigenvalue weighted by Crippen LogP contribution is -2.05. The molecule has 31 heavy (non-hydrogen) atoms. The Morgan fingerprint density at radius 2 is 2.03 bits per heavy atom. The fourth-order valence-corrected chi connectivity index (χ4v) is 3.97. The average molecular weight is 489 g/mol. The van der Waals surface area contributed by atoms with Gasteiger partial charge in [0.05, 0.1) is 24.7 Å². The van der Waals surface area contributed by atoms with Crippen molar-refractivity contribution in [3.8, 4) is 0 Å². The lowest BCUT2D eigenvalue weighted by molar-refractivity contribution is 0.0601. The molecule has 2 rings (SSSR count). The minimum absolute atomic E-state index is 0.324. The van der Waals surface area contributed by atoms with Crippen molar-refractivity contribution < 1.29 is 14.3 Å². The standard InChI is InChI=1S/C25H33BrN2O3/c1-5-8-20(9-6-2)23-17-28(14-15-31-19(3)10-7-13-27-18-26)24-16-21(25(29)30-4)11-12-22(23)24/h7,10-13,16-17,20H,3,5-6,8-9,14-15,18H2,1-2,4H3/b10-7-,27-13-. The van der Waals surface area contributed by atoms with Crippen LogP contribution in [0.3, 0.4) is 0 Å². The van der Waals surface area contributed by atoms with Crippen LogP contribution in [0.4, 0.5) is 0 Å². The van der Waals surface area contributed by atoms with Crippen molar-refractivity contribution in [1.29, 1.82) is 0 Å². The van der Waals surface area contributed by atoms with E-state index >= 15 is 0 Å². The summed E-state index contributed by atoms with van der Waals surface area (Å²) in [4.78, 5) is 16.1. The van der Waals surface area contributed by atoms with Crippen molar-refractivity contribution in [1.82, 2.24) is 4.57 Å². The van der Waals surface area contributed by atoms with E-state index in [-0.39, 0.29) is 5.97 Å². The third kappa shape index (κ3) is 7.10. The van der Waals surface area contributed by atoms with Gasteiger partial charge in [-0.15, -0.1) is 0 Å². The molecule has 2 aromatic rings. The Morgan fingerprint density at radius 3 is 2.68 bits per heavy atom. The van der Waals surface area contributed by atoms with Crippen LogP contribution in [0.15, 0.2) is 53.9 Å². The van der Waals surface area contributed by atoms with Gasteiger partial charge in [-0.2, -0.15) is 0 Å². The van der Waals surface area contributed by atoms with Crippen LogP contribution in [-0.2, 0) is 16.0 Å².